The molecular formula is C24H26F2N2O4. The molecule has 2 aromatic carbocycles. The summed E-state index contributed by atoms with van der Waals surface area (Å²) in [5.41, 5.74) is 4.84. The Kier molecular flexibility index (Phi) is 5.14. The molecular weight excluding hydrogens is 418 g/mol. The summed E-state index contributed by atoms with van der Waals surface area (Å²) in [6, 6.07) is 11.6. The molecule has 2 aromatic rings. The third kappa shape index (κ3) is 3.78. The fraction of sp³-hybridized carbons (Fsp3) is 0.417. The number of alkyl halides is 2. The van der Waals surface area contributed by atoms with Crippen LogP contribution in [0.2, 0.25) is 0 Å². The minimum Gasteiger partial charge on any atom is -0.480 e. The molecule has 2 N–H and O–H groups in total. The normalized spacial score (nSPS) is 19.3. The van der Waals surface area contributed by atoms with Gasteiger partial charge in [-0.25, -0.2) is 4.79 Å². The maximum atomic E-state index is 15.4. The lowest BCUT2D eigenvalue weighted by Crippen LogP contribution is -2.64. The SMILES string of the molecule is CC(C)(C)OC(=O)N1CCC2(CC1)Oc1ccc(-c3ccc(N)cc3)cc1C(=O)C2(F)F. The molecule has 0 bridgehead atoms. The number of rotatable bonds is 1. The van der Waals surface area contributed by atoms with Crippen LogP contribution in [0, 0.1) is 0 Å². The van der Waals surface area contributed by atoms with Gasteiger partial charge in [0.15, 0.2) is 5.60 Å². The van der Waals surface area contributed by atoms with Crippen molar-refractivity contribution in [2.75, 3.05) is 18.8 Å². The second-order valence-electron chi connectivity index (χ2n) is 9.30. The van der Waals surface area contributed by atoms with E-state index < -0.39 is 29.0 Å². The first-order valence-electron chi connectivity index (χ1n) is 10.5. The molecule has 1 fully saturated rings. The van der Waals surface area contributed by atoms with Gasteiger partial charge in [0.05, 0.1) is 5.56 Å². The first-order chi connectivity index (χ1) is 14.9. The van der Waals surface area contributed by atoms with E-state index in [-0.39, 0.29) is 37.2 Å². The zero-order valence-corrected chi connectivity index (χ0v) is 18.3. The van der Waals surface area contributed by atoms with E-state index in [1.807, 2.05) is 0 Å². The van der Waals surface area contributed by atoms with Crippen molar-refractivity contribution in [3.8, 4) is 16.9 Å². The number of nitrogen functional groups attached to an aromatic ring is 1. The molecule has 170 valence electrons. The van der Waals surface area contributed by atoms with Gasteiger partial charge in [-0.15, -0.1) is 0 Å². The molecule has 0 radical (unpaired) electrons. The zero-order chi connectivity index (χ0) is 23.3. The lowest BCUT2D eigenvalue weighted by Gasteiger charge is -2.47. The lowest BCUT2D eigenvalue weighted by molar-refractivity contribution is -0.162. The molecule has 0 saturated carbocycles. The van der Waals surface area contributed by atoms with E-state index in [0.717, 1.165) is 5.56 Å². The molecule has 2 aliphatic heterocycles. The van der Waals surface area contributed by atoms with E-state index in [4.69, 9.17) is 15.2 Å². The van der Waals surface area contributed by atoms with Crippen molar-refractivity contribution in [3.63, 3.8) is 0 Å². The Morgan fingerprint density at radius 2 is 1.66 bits per heavy atom. The molecule has 1 spiro atoms. The summed E-state index contributed by atoms with van der Waals surface area (Å²) in [7, 11) is 0. The van der Waals surface area contributed by atoms with Gasteiger partial charge < -0.3 is 20.1 Å². The summed E-state index contributed by atoms with van der Waals surface area (Å²) >= 11 is 0. The highest BCUT2D eigenvalue weighted by molar-refractivity contribution is 6.06. The topological polar surface area (TPSA) is 81.9 Å². The Morgan fingerprint density at radius 1 is 1.06 bits per heavy atom. The number of benzene rings is 2. The highest BCUT2D eigenvalue weighted by atomic mass is 19.3. The molecule has 32 heavy (non-hydrogen) atoms. The summed E-state index contributed by atoms with van der Waals surface area (Å²) < 4.78 is 41.9. The van der Waals surface area contributed by atoms with E-state index >= 15 is 8.78 Å². The molecule has 0 aromatic heterocycles. The highest BCUT2D eigenvalue weighted by Crippen LogP contribution is 2.49. The number of piperidine rings is 1. The van der Waals surface area contributed by atoms with Crippen molar-refractivity contribution in [1.29, 1.82) is 0 Å². The smallest absolute Gasteiger partial charge is 0.410 e. The van der Waals surface area contributed by atoms with E-state index in [0.29, 0.717) is 11.3 Å². The predicted octanol–water partition coefficient (Wildman–Crippen LogP) is 4.92. The number of ketones is 1. The number of nitrogens with two attached hydrogens (primary N) is 1. The number of hydrogen-bond donors (Lipinski definition) is 1. The first-order valence-corrected chi connectivity index (χ1v) is 10.5. The summed E-state index contributed by atoms with van der Waals surface area (Å²) in [6.07, 6.45) is -0.916. The monoisotopic (exact) mass is 444 g/mol. The minimum absolute atomic E-state index is 0.0106. The maximum absolute atomic E-state index is 15.4. The number of likely N-dealkylation sites (tertiary alicyclic amines) is 1. The quantitative estimate of drug-likeness (QED) is 0.632. The number of halogens is 2. The standard InChI is InChI=1S/C24H26F2N2O4/c1-22(2,3)32-21(30)28-12-10-23(11-13-28)24(25,26)20(29)18-14-16(6-9-19(18)31-23)15-4-7-17(27)8-5-15/h4-9,14H,10-13,27H2,1-3H3. The third-order valence-corrected chi connectivity index (χ3v) is 5.85. The van der Waals surface area contributed by atoms with Gasteiger partial charge >= 0.3 is 12.0 Å². The van der Waals surface area contributed by atoms with Gasteiger partial charge in [0.25, 0.3) is 0 Å². The fourth-order valence-electron chi connectivity index (χ4n) is 4.10. The Balaban J connectivity index is 1.59. The van der Waals surface area contributed by atoms with Gasteiger partial charge in [-0.05, 0) is 56.2 Å². The molecule has 1 amide bonds. The highest BCUT2D eigenvalue weighted by Gasteiger charge is 2.65. The molecule has 4 rings (SSSR count). The van der Waals surface area contributed by atoms with Gasteiger partial charge in [-0.3, -0.25) is 4.79 Å². The lowest BCUT2D eigenvalue weighted by atomic mass is 9.78. The number of Topliss-reactive ketones (excluding diaryl/α,β-unsaturated/α-hetero) is 1. The molecule has 0 aliphatic carbocycles. The van der Waals surface area contributed by atoms with E-state index in [2.05, 4.69) is 0 Å². The van der Waals surface area contributed by atoms with Crippen LogP contribution in [0.15, 0.2) is 42.5 Å². The predicted molar refractivity (Wildman–Crippen MR) is 116 cm³/mol. The number of anilines is 1. The summed E-state index contributed by atoms with van der Waals surface area (Å²) in [5, 5.41) is 0. The van der Waals surface area contributed by atoms with Crippen LogP contribution in [0.3, 0.4) is 0 Å². The molecule has 8 heteroatoms. The van der Waals surface area contributed by atoms with Crippen LogP contribution in [0.5, 0.6) is 5.75 Å². The van der Waals surface area contributed by atoms with Crippen LogP contribution < -0.4 is 10.5 Å². The van der Waals surface area contributed by atoms with Gasteiger partial charge in [-0.2, -0.15) is 8.78 Å². The van der Waals surface area contributed by atoms with Crippen LogP contribution in [0.1, 0.15) is 44.0 Å². The largest absolute Gasteiger partial charge is 0.480 e. The number of ether oxygens (including phenoxy) is 2. The number of amides is 1. The molecule has 2 aliphatic rings. The summed E-state index contributed by atoms with van der Waals surface area (Å²) in [6.45, 7) is 5.24. The summed E-state index contributed by atoms with van der Waals surface area (Å²) in [5.74, 6) is -4.85. The van der Waals surface area contributed by atoms with Gasteiger partial charge in [0.2, 0.25) is 5.78 Å². The Labute approximate surface area is 185 Å². The van der Waals surface area contributed by atoms with Crippen LogP contribution in [0.4, 0.5) is 19.3 Å². The number of fused-ring (bicyclic) bond motifs is 1. The second-order valence-corrected chi connectivity index (χ2v) is 9.30. The van der Waals surface area contributed by atoms with Crippen molar-refractivity contribution in [2.24, 2.45) is 0 Å². The Morgan fingerprint density at radius 3 is 2.25 bits per heavy atom. The zero-order valence-electron chi connectivity index (χ0n) is 18.3. The van der Waals surface area contributed by atoms with Crippen LogP contribution in [0.25, 0.3) is 11.1 Å². The molecule has 2 heterocycles. The maximum Gasteiger partial charge on any atom is 0.410 e. The van der Waals surface area contributed by atoms with Crippen molar-refractivity contribution in [3.05, 3.63) is 48.0 Å². The molecule has 0 atom stereocenters. The van der Waals surface area contributed by atoms with Crippen molar-refractivity contribution >= 4 is 17.6 Å². The van der Waals surface area contributed by atoms with Crippen molar-refractivity contribution < 1.29 is 27.8 Å². The molecule has 6 nitrogen and oxygen atoms in total. The fourth-order valence-corrected chi connectivity index (χ4v) is 4.10. The van der Waals surface area contributed by atoms with Crippen LogP contribution in [-0.2, 0) is 4.74 Å². The van der Waals surface area contributed by atoms with Gasteiger partial charge in [0, 0.05) is 31.6 Å². The van der Waals surface area contributed by atoms with Crippen LogP contribution in [-0.4, -0.2) is 47.0 Å². The number of carbonyl (C=O) groups is 2. The molecule has 1 saturated heterocycles. The average Bonchev–Trinajstić information content (AvgIpc) is 2.72. The number of hydrogen-bond acceptors (Lipinski definition) is 5. The van der Waals surface area contributed by atoms with E-state index in [9.17, 15) is 9.59 Å². The van der Waals surface area contributed by atoms with Gasteiger partial charge in [-0.1, -0.05) is 18.2 Å². The number of nitrogens with zero attached hydrogens (tertiary/aromatic N) is 1. The molecule has 0 unspecified atom stereocenters. The first kappa shape index (κ1) is 22.0. The number of carbonyl (C=O) groups excluding carboxylic acids is 2. The van der Waals surface area contributed by atoms with E-state index in [1.165, 1.54) is 11.0 Å². The van der Waals surface area contributed by atoms with Crippen molar-refractivity contribution in [2.45, 2.75) is 50.7 Å². The van der Waals surface area contributed by atoms with Crippen LogP contribution >= 0.6 is 0 Å². The third-order valence-electron chi connectivity index (χ3n) is 5.85. The second kappa shape index (κ2) is 7.46. The van der Waals surface area contributed by atoms with E-state index in [1.54, 1.807) is 57.2 Å². The van der Waals surface area contributed by atoms with Crippen molar-refractivity contribution in [1.82, 2.24) is 4.90 Å². The Hall–Kier alpha value is -3.16. The minimum atomic E-state index is -3.72. The summed E-state index contributed by atoms with van der Waals surface area (Å²) in [4.78, 5) is 26.6. The Bertz CT molecular complexity index is 1050. The average molecular weight is 444 g/mol. The van der Waals surface area contributed by atoms with Gasteiger partial charge in [0.1, 0.15) is 11.4 Å².